The quantitative estimate of drug-likeness (QED) is 0.901. The molecule has 2 heterocycles. The number of hydrogen-bond donors (Lipinski definition) is 1. The van der Waals surface area contributed by atoms with Gasteiger partial charge in [-0.05, 0) is 26.4 Å². The third-order valence-electron chi connectivity index (χ3n) is 3.55. The molecule has 0 radical (unpaired) electrons. The third kappa shape index (κ3) is 5.79. The Balaban J connectivity index is 0.000000921. The molecule has 1 aliphatic heterocycles. The van der Waals surface area contributed by atoms with Gasteiger partial charge in [-0.25, -0.2) is 4.98 Å². The van der Waals surface area contributed by atoms with E-state index in [0.29, 0.717) is 0 Å². The van der Waals surface area contributed by atoms with Crippen LogP contribution >= 0.6 is 0 Å². The van der Waals surface area contributed by atoms with Gasteiger partial charge in [-0.2, -0.15) is 0 Å². The normalized spacial score (nSPS) is 13.0. The van der Waals surface area contributed by atoms with Crippen LogP contribution in [0.1, 0.15) is 65.2 Å². The molecule has 0 amide bonds. The fourth-order valence-electron chi connectivity index (χ4n) is 2.50. The van der Waals surface area contributed by atoms with Crippen molar-refractivity contribution in [2.45, 2.75) is 74.5 Å². The minimum Gasteiger partial charge on any atom is -0.330 e. The summed E-state index contributed by atoms with van der Waals surface area (Å²) in [4.78, 5) is 7.25. The van der Waals surface area contributed by atoms with E-state index in [4.69, 9.17) is 4.98 Å². The van der Waals surface area contributed by atoms with Gasteiger partial charge in [-0.15, -0.1) is 0 Å². The van der Waals surface area contributed by atoms with E-state index in [9.17, 15) is 0 Å². The summed E-state index contributed by atoms with van der Waals surface area (Å²) in [5.74, 6) is 1.20. The highest BCUT2D eigenvalue weighted by molar-refractivity contribution is 5.17. The maximum absolute atomic E-state index is 4.78. The van der Waals surface area contributed by atoms with Gasteiger partial charge >= 0.3 is 0 Å². The van der Waals surface area contributed by atoms with Gasteiger partial charge in [0.1, 0.15) is 5.82 Å². The van der Waals surface area contributed by atoms with Crippen LogP contribution in [0, 0.1) is 6.92 Å². The Hall–Kier alpha value is -0.870. The Morgan fingerprint density at radius 3 is 2.38 bits per heavy atom. The lowest BCUT2D eigenvalue weighted by atomic mass is 10.3. The highest BCUT2D eigenvalue weighted by atomic mass is 15.2. The molecule has 1 N–H and O–H groups in total. The van der Waals surface area contributed by atoms with Crippen LogP contribution in [0.3, 0.4) is 0 Å². The van der Waals surface area contributed by atoms with Crippen molar-refractivity contribution in [2.75, 3.05) is 19.6 Å². The van der Waals surface area contributed by atoms with Crippen molar-refractivity contribution in [1.82, 2.24) is 19.8 Å². The lowest BCUT2D eigenvalue weighted by Gasteiger charge is -2.19. The molecule has 0 aliphatic carbocycles. The zero-order valence-corrected chi connectivity index (χ0v) is 15.3. The highest BCUT2D eigenvalue weighted by Gasteiger charge is 2.17. The van der Waals surface area contributed by atoms with E-state index >= 15 is 0 Å². The van der Waals surface area contributed by atoms with E-state index < -0.39 is 0 Å². The van der Waals surface area contributed by atoms with E-state index in [2.05, 4.69) is 35.6 Å². The van der Waals surface area contributed by atoms with Crippen molar-refractivity contribution < 1.29 is 0 Å². The van der Waals surface area contributed by atoms with Crippen molar-refractivity contribution in [2.24, 2.45) is 0 Å². The molecule has 124 valence electrons. The summed E-state index contributed by atoms with van der Waals surface area (Å²) in [5, 5.41) is 3.38. The molecular weight excluding hydrogens is 260 g/mol. The smallest absolute Gasteiger partial charge is 0.123 e. The molecule has 1 aromatic rings. The molecule has 4 nitrogen and oxygen atoms in total. The molecule has 0 unspecified atom stereocenters. The Morgan fingerprint density at radius 1 is 1.19 bits per heavy atom. The fourth-order valence-corrected chi connectivity index (χ4v) is 2.50. The van der Waals surface area contributed by atoms with Crippen LogP contribution in [-0.4, -0.2) is 34.1 Å². The third-order valence-corrected chi connectivity index (χ3v) is 3.55. The van der Waals surface area contributed by atoms with E-state index in [1.807, 2.05) is 27.7 Å². The summed E-state index contributed by atoms with van der Waals surface area (Å²) in [6.07, 6.45) is 1.21. The summed E-state index contributed by atoms with van der Waals surface area (Å²) in [7, 11) is 0. The van der Waals surface area contributed by atoms with Crippen molar-refractivity contribution in [3.8, 4) is 0 Å². The van der Waals surface area contributed by atoms with E-state index in [-0.39, 0.29) is 0 Å². The Kier molecular flexibility index (Phi) is 11.3. The SMILES string of the molecule is CC.CC.CCCN(CC)Cc1nc2n(c1C)CCNC2. The molecule has 0 spiro atoms. The number of nitrogens with zero attached hydrogens (tertiary/aromatic N) is 3. The first-order valence-electron chi connectivity index (χ1n) is 8.74. The molecule has 0 bridgehead atoms. The first-order valence-corrected chi connectivity index (χ1v) is 8.74. The second kappa shape index (κ2) is 11.8. The summed E-state index contributed by atoms with van der Waals surface area (Å²) in [5.41, 5.74) is 2.62. The van der Waals surface area contributed by atoms with Gasteiger partial charge in [-0.1, -0.05) is 41.5 Å². The molecule has 0 aromatic carbocycles. The average Bonchev–Trinajstić information content (AvgIpc) is 2.87. The van der Waals surface area contributed by atoms with Crippen molar-refractivity contribution >= 4 is 0 Å². The standard InChI is InChI=1S/C13H24N4.2C2H6/c1-4-7-16(5-2)10-12-11(3)17-8-6-14-9-13(17)15-12;2*1-2/h14H,4-10H2,1-3H3;2*1-2H3. The molecule has 21 heavy (non-hydrogen) atoms. The van der Waals surface area contributed by atoms with E-state index in [1.165, 1.54) is 23.6 Å². The number of fused-ring (bicyclic) bond motifs is 1. The van der Waals surface area contributed by atoms with E-state index in [0.717, 1.165) is 39.3 Å². The molecule has 4 heteroatoms. The Bertz CT molecular complexity index is 371. The van der Waals surface area contributed by atoms with Crippen LogP contribution in [0.2, 0.25) is 0 Å². The van der Waals surface area contributed by atoms with Gasteiger partial charge in [0.2, 0.25) is 0 Å². The summed E-state index contributed by atoms with van der Waals surface area (Å²) in [6, 6.07) is 0. The first kappa shape index (κ1) is 20.1. The Morgan fingerprint density at radius 2 is 1.86 bits per heavy atom. The van der Waals surface area contributed by atoms with Crippen molar-refractivity contribution in [3.63, 3.8) is 0 Å². The fraction of sp³-hybridized carbons (Fsp3) is 0.824. The molecule has 0 fully saturated rings. The molecular formula is C17H36N4. The predicted molar refractivity (Wildman–Crippen MR) is 92.6 cm³/mol. The largest absolute Gasteiger partial charge is 0.330 e. The zero-order valence-electron chi connectivity index (χ0n) is 15.3. The second-order valence-corrected chi connectivity index (χ2v) is 4.76. The molecule has 1 aromatic heterocycles. The topological polar surface area (TPSA) is 33.1 Å². The highest BCUT2D eigenvalue weighted by Crippen LogP contribution is 2.15. The van der Waals surface area contributed by atoms with Gasteiger partial charge in [-0.3, -0.25) is 4.90 Å². The average molecular weight is 297 g/mol. The van der Waals surface area contributed by atoms with Gasteiger partial charge < -0.3 is 9.88 Å². The summed E-state index contributed by atoms with van der Waals surface area (Å²) < 4.78 is 2.37. The van der Waals surface area contributed by atoms with Gasteiger partial charge in [0.15, 0.2) is 0 Å². The summed E-state index contributed by atoms with van der Waals surface area (Å²) in [6.45, 7) is 21.0. The number of hydrogen-bond acceptors (Lipinski definition) is 3. The van der Waals surface area contributed by atoms with Crippen LogP contribution in [0.25, 0.3) is 0 Å². The lowest BCUT2D eigenvalue weighted by molar-refractivity contribution is 0.277. The number of rotatable bonds is 5. The first-order chi connectivity index (χ1) is 10.3. The van der Waals surface area contributed by atoms with Crippen LogP contribution in [0.5, 0.6) is 0 Å². The van der Waals surface area contributed by atoms with Crippen LogP contribution in [-0.2, 0) is 19.6 Å². The second-order valence-electron chi connectivity index (χ2n) is 4.76. The maximum atomic E-state index is 4.78. The maximum Gasteiger partial charge on any atom is 0.123 e. The molecule has 0 saturated heterocycles. The number of aromatic nitrogens is 2. The van der Waals surface area contributed by atoms with Gasteiger partial charge in [0.05, 0.1) is 12.2 Å². The van der Waals surface area contributed by atoms with Crippen LogP contribution < -0.4 is 5.32 Å². The van der Waals surface area contributed by atoms with Crippen molar-refractivity contribution in [3.05, 3.63) is 17.2 Å². The predicted octanol–water partition coefficient (Wildman–Crippen LogP) is 3.58. The van der Waals surface area contributed by atoms with Gasteiger partial charge in [0, 0.05) is 25.3 Å². The van der Waals surface area contributed by atoms with Gasteiger partial charge in [0.25, 0.3) is 0 Å². The van der Waals surface area contributed by atoms with Crippen LogP contribution in [0.15, 0.2) is 0 Å². The minimum absolute atomic E-state index is 0.917. The van der Waals surface area contributed by atoms with Crippen LogP contribution in [0.4, 0.5) is 0 Å². The van der Waals surface area contributed by atoms with E-state index in [1.54, 1.807) is 0 Å². The lowest BCUT2D eigenvalue weighted by Crippen LogP contribution is -2.28. The molecule has 0 atom stereocenters. The monoisotopic (exact) mass is 296 g/mol. The molecule has 0 saturated carbocycles. The van der Waals surface area contributed by atoms with Crippen molar-refractivity contribution in [1.29, 1.82) is 0 Å². The summed E-state index contributed by atoms with van der Waals surface area (Å²) >= 11 is 0. The Labute approximate surface area is 131 Å². The molecule has 2 rings (SSSR count). The zero-order chi connectivity index (χ0) is 16.3. The molecule has 1 aliphatic rings. The minimum atomic E-state index is 0.917. The number of nitrogens with one attached hydrogen (secondary N) is 1. The number of imidazole rings is 1.